The number of rotatable bonds is 12. The van der Waals surface area contributed by atoms with E-state index in [-0.39, 0.29) is 0 Å². The Morgan fingerprint density at radius 3 is 0.920 bits per heavy atom. The molecule has 450 valence electrons. The second kappa shape index (κ2) is 48.2. The van der Waals surface area contributed by atoms with Crippen LogP contribution in [0.25, 0.3) is 0 Å². The van der Waals surface area contributed by atoms with Gasteiger partial charge in [-0.1, -0.05) is 20.3 Å². The number of alkyl halides is 1. The lowest BCUT2D eigenvalue weighted by atomic mass is 9.94. The van der Waals surface area contributed by atoms with Gasteiger partial charge in [0, 0.05) is 67.2 Å². The largest absolute Gasteiger partial charge is 0.468 e. The Bertz CT molecular complexity index is 1060. The van der Waals surface area contributed by atoms with E-state index in [4.69, 9.17) is 18.9 Å². The summed E-state index contributed by atoms with van der Waals surface area (Å²) >= 11 is 0. The third-order valence-electron chi connectivity index (χ3n) is 17.2. The van der Waals surface area contributed by atoms with Crippen LogP contribution in [0.3, 0.4) is 0 Å². The van der Waals surface area contributed by atoms with Crippen LogP contribution in [-0.2, 0) is 18.9 Å². The summed E-state index contributed by atoms with van der Waals surface area (Å²) in [7, 11) is 36.9. The number of nitrogens with one attached hydrogen (secondary N) is 8. The quantitative estimate of drug-likeness (QED) is 0.136. The smallest absolute Gasteiger partial charge is 0.111 e. The highest BCUT2D eigenvalue weighted by Crippen LogP contribution is 2.15. The summed E-state index contributed by atoms with van der Waals surface area (Å²) in [5.41, 5.74) is 0. The predicted molar refractivity (Wildman–Crippen MR) is 310 cm³/mol. The lowest BCUT2D eigenvalue weighted by Crippen LogP contribution is -3.08. The molecule has 0 amide bonds. The molecule has 0 aliphatic carbocycles. The third kappa shape index (κ3) is 42.0. The average Bonchev–Trinajstić information content (AvgIpc) is 3.42. The zero-order valence-corrected chi connectivity index (χ0v) is 50.7. The molecule has 0 spiro atoms. The molecule has 8 saturated heterocycles. The fourth-order valence-electron chi connectivity index (χ4n) is 11.1. The van der Waals surface area contributed by atoms with Crippen molar-refractivity contribution in [2.45, 2.75) is 155 Å². The normalized spacial score (nSPS) is 34.0. The maximum Gasteiger partial charge on any atom is 0.111 e. The van der Waals surface area contributed by atoms with Gasteiger partial charge in [0.25, 0.3) is 0 Å². The summed E-state index contributed by atoms with van der Waals surface area (Å²) in [5.74, 6) is 5.38. The highest BCUT2D eigenvalue weighted by atomic mass is 19.1. The second-order valence-corrected chi connectivity index (χ2v) is 24.2. The van der Waals surface area contributed by atoms with E-state index in [1.807, 2.05) is 0 Å². The number of quaternary nitrogens is 8. The summed E-state index contributed by atoms with van der Waals surface area (Å²) in [6, 6.07) is 0. The van der Waals surface area contributed by atoms with Crippen LogP contribution in [-0.4, -0.2) is 165 Å². The van der Waals surface area contributed by atoms with Crippen LogP contribution < -0.4 is 39.2 Å². The molecule has 8 fully saturated rings. The molecule has 8 N–H and O–H groups in total. The third-order valence-corrected chi connectivity index (χ3v) is 17.2. The van der Waals surface area contributed by atoms with E-state index in [1.165, 1.54) is 246 Å². The van der Waals surface area contributed by atoms with E-state index in [2.05, 4.69) is 77.2 Å². The molecule has 75 heavy (non-hydrogen) atoms. The molecule has 8 aliphatic rings. The minimum absolute atomic E-state index is 0.541. The molecule has 0 atom stereocenters. The van der Waals surface area contributed by atoms with Gasteiger partial charge in [0.15, 0.2) is 0 Å². The number of methoxy groups -OCH3 is 3. The lowest BCUT2D eigenvalue weighted by Gasteiger charge is -2.30. The Hall–Kier alpha value is -0.550. The first kappa shape index (κ1) is 72.5. The summed E-state index contributed by atoms with van der Waals surface area (Å²) in [6.45, 7) is 30.7. The van der Waals surface area contributed by atoms with Gasteiger partial charge >= 0.3 is 0 Å². The van der Waals surface area contributed by atoms with E-state index in [0.717, 1.165) is 81.6 Å². The molecule has 0 aromatic heterocycles. The van der Waals surface area contributed by atoms with E-state index in [1.54, 1.807) is 21.3 Å². The summed E-state index contributed by atoms with van der Waals surface area (Å²) in [4.78, 5) is 11.4. The Balaban J connectivity index is 0.000000430. The zero-order chi connectivity index (χ0) is 55.5. The van der Waals surface area contributed by atoms with Crippen LogP contribution in [0, 0.1) is 91.9 Å². The van der Waals surface area contributed by atoms with Gasteiger partial charge < -0.3 is 58.1 Å². The van der Waals surface area contributed by atoms with Gasteiger partial charge in [-0.15, -0.1) is 0 Å². The minimum atomic E-state index is -0.541. The number of ether oxygens (including phenoxy) is 4. The molecular weight excluding hydrogens is 940 g/mol. The van der Waals surface area contributed by atoms with Gasteiger partial charge in [0.05, 0.1) is 105 Å². The van der Waals surface area contributed by atoms with Gasteiger partial charge in [0.2, 0.25) is 0 Å². The van der Waals surface area contributed by atoms with Crippen molar-refractivity contribution >= 4 is 0 Å². The molecule has 13 heteroatoms. The molecule has 0 unspecified atom stereocenters. The highest BCUT2D eigenvalue weighted by molar-refractivity contribution is 4.65. The molecule has 8 rings (SSSR count). The summed E-state index contributed by atoms with van der Waals surface area (Å²) < 4.78 is 32.9. The van der Waals surface area contributed by atoms with Crippen molar-refractivity contribution in [1.82, 2.24) is 0 Å². The molecule has 0 bridgehead atoms. The van der Waals surface area contributed by atoms with Crippen LogP contribution in [0.15, 0.2) is 0 Å². The standard InChI is InChI=1S/3C9H19NO.C8H17NO.C8H17N.C7H15N.C6H12FN.C6H13N/c2*1-10-6-3-9(4-7-10)5-8-11-2;1-3-11-8-9-4-6-10(2)7-5-9;1-9-5-3-8(4-6-9)7-10-2;1-3-8-4-6-9(2)7-5-8;1-7-3-5-8(2)6-4-7;1-8-4-2-6(7)3-5-8;1-7-5-3-2-4-6-7/h2*9-10H,1,3-8H2,2H3;9-10H,2-8H2,1H3;8-9H,1,3-7H2,2H3;8-9H,2-7H2,1H3;7-8H,2-6H2,1H3;6,8H,1-5H2;7H,1-6H2. The molecule has 0 aromatic carbocycles. The molecular formula is C62H131FN8O4. The van der Waals surface area contributed by atoms with Gasteiger partial charge in [-0.05, 0) is 152 Å². The predicted octanol–water partition coefficient (Wildman–Crippen LogP) is 0.265. The Morgan fingerprint density at radius 2 is 0.653 bits per heavy atom. The van der Waals surface area contributed by atoms with E-state index >= 15 is 0 Å². The van der Waals surface area contributed by atoms with Crippen LogP contribution >= 0.6 is 0 Å². The molecule has 8 heterocycles. The topological polar surface area (TPSA) is 72.4 Å². The molecule has 0 aromatic rings. The highest BCUT2D eigenvalue weighted by Gasteiger charge is 2.20. The van der Waals surface area contributed by atoms with E-state index < -0.39 is 6.17 Å². The van der Waals surface area contributed by atoms with Gasteiger partial charge in [-0.3, -0.25) is 0 Å². The molecule has 0 radical (unpaired) electrons. The maximum atomic E-state index is 12.3. The van der Waals surface area contributed by atoms with Crippen molar-refractivity contribution in [2.24, 2.45) is 35.5 Å². The monoisotopic (exact) mass is 1070 g/mol. The van der Waals surface area contributed by atoms with Crippen molar-refractivity contribution in [3.8, 4) is 0 Å². The summed E-state index contributed by atoms with van der Waals surface area (Å²) in [6.07, 6.45) is 25.0. The Labute approximate surface area is 467 Å². The van der Waals surface area contributed by atoms with Crippen LogP contribution in [0.4, 0.5) is 4.39 Å². The Morgan fingerprint density at radius 1 is 0.360 bits per heavy atom. The molecule has 8 aliphatic heterocycles. The number of likely N-dealkylation sites (tertiary alicyclic amines) is 8. The first-order valence-corrected chi connectivity index (χ1v) is 31.1. The average molecular weight is 1070 g/mol. The lowest BCUT2D eigenvalue weighted by molar-refractivity contribution is -0.860. The first-order valence-electron chi connectivity index (χ1n) is 31.1. The van der Waals surface area contributed by atoms with Crippen LogP contribution in [0.1, 0.15) is 149 Å². The number of hydrogen-bond donors (Lipinski definition) is 8. The first-order chi connectivity index (χ1) is 36.1. The molecule has 12 nitrogen and oxygen atoms in total. The van der Waals surface area contributed by atoms with Crippen LogP contribution in [0.5, 0.6) is 0 Å². The van der Waals surface area contributed by atoms with E-state index in [9.17, 15) is 4.39 Å². The minimum Gasteiger partial charge on any atom is -0.468 e. The second-order valence-electron chi connectivity index (χ2n) is 24.2. The van der Waals surface area contributed by atoms with Crippen LogP contribution in [0.2, 0.25) is 0 Å². The SMILES string of the molecule is [CH2-][NH+]1CCC(C)CC1.[CH2-][NH+]1CCC(CC)CC1.[CH2-][NH+]1CCC(CCOC)CC1.[CH2-][NH+]1CCC(CCOC)CC1.[CH2-][NH+]1CCC(COC)CC1.[CH2-][NH+]1CCC(COCC)CC1.[CH2-][NH+]1CCC(F)CC1.[CH2-][NH+]1CCCCC1. The number of halogens is 1. The van der Waals surface area contributed by atoms with Gasteiger partial charge in [-0.25, -0.2) is 4.39 Å². The fourth-order valence-corrected chi connectivity index (χ4v) is 11.1. The van der Waals surface area contributed by atoms with Crippen molar-refractivity contribution in [1.29, 1.82) is 0 Å². The zero-order valence-electron chi connectivity index (χ0n) is 50.7. The van der Waals surface area contributed by atoms with E-state index in [0.29, 0.717) is 12.8 Å². The Kier molecular flexibility index (Phi) is 46.6. The number of hydrogen-bond acceptors (Lipinski definition) is 4. The van der Waals surface area contributed by atoms with Gasteiger partial charge in [-0.2, -0.15) is 56.4 Å². The molecule has 0 saturated carbocycles. The van der Waals surface area contributed by atoms with Crippen molar-refractivity contribution in [2.75, 3.05) is 159 Å². The van der Waals surface area contributed by atoms with Crippen molar-refractivity contribution < 1.29 is 62.5 Å². The van der Waals surface area contributed by atoms with Crippen molar-refractivity contribution in [3.63, 3.8) is 0 Å². The van der Waals surface area contributed by atoms with Crippen molar-refractivity contribution in [3.05, 3.63) is 56.4 Å². The maximum absolute atomic E-state index is 12.3. The van der Waals surface area contributed by atoms with Gasteiger partial charge in [0.1, 0.15) is 6.17 Å². The fraction of sp³-hybridized carbons (Fsp3) is 0.871. The number of piperidine rings is 8. The summed E-state index contributed by atoms with van der Waals surface area (Å²) in [5, 5.41) is 0.